The molecule has 7 heteroatoms. The highest BCUT2D eigenvalue weighted by Gasteiger charge is 2.27. The number of halogens is 1. The first-order valence-electron chi connectivity index (χ1n) is 9.03. The van der Waals surface area contributed by atoms with Crippen LogP contribution < -0.4 is 5.32 Å². The summed E-state index contributed by atoms with van der Waals surface area (Å²) < 4.78 is 6.06. The molecule has 5 nitrogen and oxygen atoms in total. The Morgan fingerprint density at radius 3 is 2.86 bits per heavy atom. The second-order valence-corrected chi connectivity index (χ2v) is 8.34. The maximum Gasteiger partial charge on any atom is 0.341 e. The topological polar surface area (TPSA) is 79.2 Å². The minimum absolute atomic E-state index is 0.0284. The number of fused-ring (bicyclic) bond motifs is 1. The molecule has 0 spiro atoms. The molecular weight excluding hydrogens is 440 g/mol. The van der Waals surface area contributed by atoms with Gasteiger partial charge >= 0.3 is 5.97 Å². The Labute approximate surface area is 176 Å². The molecule has 0 atom stereocenters. The van der Waals surface area contributed by atoms with Crippen molar-refractivity contribution in [1.29, 1.82) is 5.26 Å². The zero-order chi connectivity index (χ0) is 20.1. The summed E-state index contributed by atoms with van der Waals surface area (Å²) in [6.45, 7) is 2.02. The Bertz CT molecular complexity index is 988. The van der Waals surface area contributed by atoms with Crippen LogP contribution in [0, 0.1) is 11.3 Å². The summed E-state index contributed by atoms with van der Waals surface area (Å²) in [6, 6.07) is 9.27. The molecule has 0 aliphatic heterocycles. The van der Waals surface area contributed by atoms with Gasteiger partial charge in [0.2, 0.25) is 0 Å². The molecule has 0 radical (unpaired) electrons. The zero-order valence-electron chi connectivity index (χ0n) is 15.4. The molecule has 1 aromatic heterocycles. The summed E-state index contributed by atoms with van der Waals surface area (Å²) in [7, 11) is 0. The van der Waals surface area contributed by atoms with Gasteiger partial charge in [0.05, 0.1) is 12.2 Å². The lowest BCUT2D eigenvalue weighted by Gasteiger charge is -2.12. The molecule has 1 aromatic carbocycles. The number of esters is 1. The van der Waals surface area contributed by atoms with E-state index in [1.807, 2.05) is 30.3 Å². The van der Waals surface area contributed by atoms with Gasteiger partial charge in [-0.05, 0) is 61.9 Å². The smallest absolute Gasteiger partial charge is 0.341 e. The average molecular weight is 459 g/mol. The molecular formula is C21H19BrN2O3S. The molecule has 28 heavy (non-hydrogen) atoms. The zero-order valence-corrected chi connectivity index (χ0v) is 17.8. The number of nitriles is 1. The molecule has 0 fully saturated rings. The number of nitrogens with zero attached hydrogens (tertiary/aromatic N) is 1. The third-order valence-electron chi connectivity index (χ3n) is 4.40. The van der Waals surface area contributed by atoms with E-state index in [0.29, 0.717) is 10.6 Å². The van der Waals surface area contributed by atoms with Gasteiger partial charge in [-0.25, -0.2) is 4.79 Å². The maximum absolute atomic E-state index is 12.7. The summed E-state index contributed by atoms with van der Waals surface area (Å²) in [6.07, 6.45) is 5.29. The van der Waals surface area contributed by atoms with Crippen LogP contribution in [0.5, 0.6) is 0 Å². The van der Waals surface area contributed by atoms with E-state index in [4.69, 9.17) is 4.74 Å². The predicted octanol–water partition coefficient (Wildman–Crippen LogP) is 5.11. The van der Waals surface area contributed by atoms with Crippen LogP contribution in [0.25, 0.3) is 6.08 Å². The Morgan fingerprint density at radius 1 is 1.36 bits per heavy atom. The first-order valence-corrected chi connectivity index (χ1v) is 10.6. The monoisotopic (exact) mass is 458 g/mol. The highest BCUT2D eigenvalue weighted by Crippen LogP contribution is 2.38. The van der Waals surface area contributed by atoms with E-state index in [1.165, 1.54) is 17.4 Å². The highest BCUT2D eigenvalue weighted by molar-refractivity contribution is 9.10. The molecule has 1 aliphatic rings. The number of hydrogen-bond donors (Lipinski definition) is 1. The molecule has 2 aromatic rings. The Hall–Kier alpha value is -2.43. The molecule has 144 valence electrons. The normalized spacial score (nSPS) is 13.4. The first kappa shape index (κ1) is 20.3. The Morgan fingerprint density at radius 2 is 2.14 bits per heavy atom. The number of nitrogens with one attached hydrogen (secondary N) is 1. The first-order chi connectivity index (χ1) is 13.5. The molecule has 0 saturated carbocycles. The van der Waals surface area contributed by atoms with Gasteiger partial charge in [-0.3, -0.25) is 4.79 Å². The van der Waals surface area contributed by atoms with Gasteiger partial charge in [0, 0.05) is 9.35 Å². The van der Waals surface area contributed by atoms with E-state index >= 15 is 0 Å². The van der Waals surface area contributed by atoms with Gasteiger partial charge in [-0.1, -0.05) is 28.1 Å². The SMILES string of the molecule is CCOC(=O)c1c(NC(=O)/C(C#N)=C\c2cccc(Br)c2)sc2c1CCCC2. The van der Waals surface area contributed by atoms with Crippen LogP contribution in [0.15, 0.2) is 34.3 Å². The number of hydrogen-bond acceptors (Lipinski definition) is 5. The number of anilines is 1. The number of ether oxygens (including phenoxy) is 1. The van der Waals surface area contributed by atoms with E-state index in [1.54, 1.807) is 6.92 Å². The third kappa shape index (κ3) is 4.51. The lowest BCUT2D eigenvalue weighted by atomic mass is 9.95. The largest absolute Gasteiger partial charge is 0.462 e. The molecule has 0 bridgehead atoms. The summed E-state index contributed by atoms with van der Waals surface area (Å²) in [4.78, 5) is 26.3. The Kier molecular flexibility index (Phi) is 6.65. The molecule has 1 N–H and O–H groups in total. The van der Waals surface area contributed by atoms with Gasteiger partial charge in [-0.15, -0.1) is 11.3 Å². The van der Waals surface area contributed by atoms with Crippen molar-refractivity contribution < 1.29 is 14.3 Å². The van der Waals surface area contributed by atoms with Crippen molar-refractivity contribution in [2.45, 2.75) is 32.6 Å². The Balaban J connectivity index is 1.91. The van der Waals surface area contributed by atoms with Crippen molar-refractivity contribution in [3.05, 3.63) is 55.9 Å². The number of carbonyl (C=O) groups is 2. The number of carbonyl (C=O) groups excluding carboxylic acids is 2. The molecule has 1 aliphatic carbocycles. The number of rotatable bonds is 5. The van der Waals surface area contributed by atoms with Gasteiger partial charge in [0.25, 0.3) is 5.91 Å². The molecule has 1 amide bonds. The van der Waals surface area contributed by atoms with Crippen molar-refractivity contribution in [1.82, 2.24) is 0 Å². The third-order valence-corrected chi connectivity index (χ3v) is 6.10. The lowest BCUT2D eigenvalue weighted by Crippen LogP contribution is -2.16. The van der Waals surface area contributed by atoms with Crippen LogP contribution in [0.2, 0.25) is 0 Å². The van der Waals surface area contributed by atoms with Crippen molar-refractivity contribution in [2.24, 2.45) is 0 Å². The van der Waals surface area contributed by atoms with E-state index in [2.05, 4.69) is 21.2 Å². The summed E-state index contributed by atoms with van der Waals surface area (Å²) in [5.74, 6) is -0.960. The lowest BCUT2D eigenvalue weighted by molar-refractivity contribution is -0.112. The fourth-order valence-corrected chi connectivity index (χ4v) is 4.84. The van der Waals surface area contributed by atoms with Crippen molar-refractivity contribution in [3.63, 3.8) is 0 Å². The number of thiophene rings is 1. The van der Waals surface area contributed by atoms with E-state index in [0.717, 1.165) is 46.2 Å². The number of aryl methyl sites for hydroxylation is 1. The number of benzene rings is 1. The van der Waals surface area contributed by atoms with Crippen molar-refractivity contribution in [3.8, 4) is 6.07 Å². The standard InChI is InChI=1S/C21H19BrN2O3S/c1-2-27-21(26)18-16-8-3-4-9-17(16)28-20(18)24-19(25)14(12-23)10-13-6-5-7-15(22)11-13/h5-7,10-11H,2-4,8-9H2,1H3,(H,24,25)/b14-10-. The van der Waals surface area contributed by atoms with Gasteiger partial charge in [0.15, 0.2) is 0 Å². The van der Waals surface area contributed by atoms with E-state index < -0.39 is 11.9 Å². The summed E-state index contributed by atoms with van der Waals surface area (Å²) >= 11 is 4.78. The van der Waals surface area contributed by atoms with Crippen LogP contribution in [-0.2, 0) is 22.4 Å². The highest BCUT2D eigenvalue weighted by atomic mass is 79.9. The molecule has 0 saturated heterocycles. The van der Waals surface area contributed by atoms with E-state index in [9.17, 15) is 14.9 Å². The average Bonchev–Trinajstić information content (AvgIpc) is 3.04. The molecule has 3 rings (SSSR count). The van der Waals surface area contributed by atoms with E-state index in [-0.39, 0.29) is 12.2 Å². The number of amides is 1. The summed E-state index contributed by atoms with van der Waals surface area (Å²) in [5.41, 5.74) is 2.12. The van der Waals surface area contributed by atoms with Crippen LogP contribution in [-0.4, -0.2) is 18.5 Å². The maximum atomic E-state index is 12.7. The van der Waals surface area contributed by atoms with Crippen LogP contribution in [0.1, 0.15) is 46.1 Å². The minimum atomic E-state index is -0.536. The summed E-state index contributed by atoms with van der Waals surface area (Å²) in [5, 5.41) is 12.7. The van der Waals surface area contributed by atoms with Gasteiger partial charge < -0.3 is 10.1 Å². The van der Waals surface area contributed by atoms with Crippen molar-refractivity contribution in [2.75, 3.05) is 11.9 Å². The predicted molar refractivity (Wildman–Crippen MR) is 113 cm³/mol. The molecule has 0 unspecified atom stereocenters. The van der Waals surface area contributed by atoms with Crippen molar-refractivity contribution >= 4 is 50.2 Å². The molecule has 1 heterocycles. The van der Waals surface area contributed by atoms with Gasteiger partial charge in [-0.2, -0.15) is 5.26 Å². The van der Waals surface area contributed by atoms with Crippen LogP contribution in [0.3, 0.4) is 0 Å². The van der Waals surface area contributed by atoms with Crippen LogP contribution >= 0.6 is 27.3 Å². The van der Waals surface area contributed by atoms with Gasteiger partial charge in [0.1, 0.15) is 16.6 Å². The second-order valence-electron chi connectivity index (χ2n) is 6.31. The minimum Gasteiger partial charge on any atom is -0.462 e. The quantitative estimate of drug-likeness (QED) is 0.383. The van der Waals surface area contributed by atoms with Crippen LogP contribution in [0.4, 0.5) is 5.00 Å². The fraction of sp³-hybridized carbons (Fsp3) is 0.286. The second kappa shape index (κ2) is 9.18. The fourth-order valence-electron chi connectivity index (χ4n) is 3.16.